The number of nitrogens with one attached hydrogen (secondary N) is 2. The topological polar surface area (TPSA) is 65.2 Å². The molecule has 0 saturated carbocycles. The van der Waals surface area contributed by atoms with Crippen LogP contribution in [0.1, 0.15) is 22.3 Å². The molecule has 5 nitrogen and oxygen atoms in total. The van der Waals surface area contributed by atoms with Crippen LogP contribution in [0.3, 0.4) is 0 Å². The third-order valence-electron chi connectivity index (χ3n) is 5.66. The van der Waals surface area contributed by atoms with Crippen molar-refractivity contribution in [2.45, 2.75) is 26.8 Å². The highest BCUT2D eigenvalue weighted by molar-refractivity contribution is 6.30. The van der Waals surface area contributed by atoms with Crippen LogP contribution in [0.15, 0.2) is 77.6 Å². The number of fused-ring (bicyclic) bond motifs is 1. The second kappa shape index (κ2) is 9.92. The number of urea groups is 1. The molecule has 33 heavy (non-hydrogen) atoms. The number of anilines is 1. The van der Waals surface area contributed by atoms with Crippen molar-refractivity contribution < 1.29 is 4.79 Å². The summed E-state index contributed by atoms with van der Waals surface area (Å²) in [5, 5.41) is 4.46. The smallest absolute Gasteiger partial charge is 0.321 e. The van der Waals surface area contributed by atoms with Crippen molar-refractivity contribution in [2.24, 2.45) is 0 Å². The lowest BCUT2D eigenvalue weighted by molar-refractivity contribution is 0.209. The molecule has 0 aliphatic heterocycles. The van der Waals surface area contributed by atoms with Crippen molar-refractivity contribution in [3.8, 4) is 0 Å². The number of aromatic nitrogens is 1. The number of aryl methyl sites for hydroxylation is 2. The number of rotatable bonds is 6. The zero-order valence-electron chi connectivity index (χ0n) is 18.7. The zero-order chi connectivity index (χ0) is 23.4. The van der Waals surface area contributed by atoms with Crippen molar-refractivity contribution in [3.05, 3.63) is 110 Å². The number of halogens is 1. The minimum absolute atomic E-state index is 0.184. The molecule has 0 aliphatic rings. The molecule has 0 radical (unpaired) electrons. The first-order valence-corrected chi connectivity index (χ1v) is 11.3. The van der Waals surface area contributed by atoms with Gasteiger partial charge in [-0.1, -0.05) is 59.6 Å². The fraction of sp³-hybridized carbons (Fsp3) is 0.185. The van der Waals surface area contributed by atoms with Crippen LogP contribution in [0.25, 0.3) is 10.9 Å². The van der Waals surface area contributed by atoms with Crippen molar-refractivity contribution >= 4 is 34.2 Å². The van der Waals surface area contributed by atoms with Crippen molar-refractivity contribution in [3.63, 3.8) is 0 Å². The standard InChI is InChI=1S/C27H26ClN3O2/c1-18-5-3-7-20(15-18)13-14-31(27(33)29-24-11-9-23(28)10-12-24)17-22-16-21-8-4-6-19(2)25(21)30-26(22)32/h3-12,15-16H,13-14,17H2,1-2H3,(H,29,33)(H,30,32). The molecule has 4 rings (SSSR count). The first-order chi connectivity index (χ1) is 15.9. The third kappa shape index (κ3) is 5.62. The van der Waals surface area contributed by atoms with Crippen molar-refractivity contribution in [1.29, 1.82) is 0 Å². The zero-order valence-corrected chi connectivity index (χ0v) is 19.4. The Morgan fingerprint density at radius 2 is 1.76 bits per heavy atom. The number of hydrogen-bond donors (Lipinski definition) is 2. The lowest BCUT2D eigenvalue weighted by atomic mass is 10.1. The van der Waals surface area contributed by atoms with Gasteiger partial charge in [0, 0.05) is 22.8 Å². The number of aromatic amines is 1. The van der Waals surface area contributed by atoms with Gasteiger partial charge in [-0.15, -0.1) is 0 Å². The summed E-state index contributed by atoms with van der Waals surface area (Å²) in [6.07, 6.45) is 0.681. The number of H-pyrrole nitrogens is 1. The van der Waals surface area contributed by atoms with E-state index in [0.29, 0.717) is 29.2 Å². The molecular formula is C27H26ClN3O2. The summed E-state index contributed by atoms with van der Waals surface area (Å²) in [7, 11) is 0. The van der Waals surface area contributed by atoms with Gasteiger partial charge in [0.05, 0.1) is 12.1 Å². The van der Waals surface area contributed by atoms with E-state index in [1.165, 1.54) is 5.56 Å². The number of amides is 2. The van der Waals surface area contributed by atoms with Crippen LogP contribution in [0.5, 0.6) is 0 Å². The van der Waals surface area contributed by atoms with Gasteiger partial charge in [0.25, 0.3) is 5.56 Å². The van der Waals surface area contributed by atoms with Gasteiger partial charge in [0.15, 0.2) is 0 Å². The molecule has 0 aliphatic carbocycles. The van der Waals surface area contributed by atoms with Crippen LogP contribution in [-0.4, -0.2) is 22.5 Å². The minimum atomic E-state index is -0.270. The highest BCUT2D eigenvalue weighted by Gasteiger charge is 2.17. The molecule has 0 atom stereocenters. The third-order valence-corrected chi connectivity index (χ3v) is 5.91. The normalized spacial score (nSPS) is 10.9. The second-order valence-electron chi connectivity index (χ2n) is 8.26. The number of carbonyl (C=O) groups excluding carboxylic acids is 1. The Kier molecular flexibility index (Phi) is 6.80. The number of carbonyl (C=O) groups is 1. The van der Waals surface area contributed by atoms with Crippen LogP contribution in [0, 0.1) is 13.8 Å². The lowest BCUT2D eigenvalue weighted by Gasteiger charge is -2.23. The van der Waals surface area contributed by atoms with Crippen LogP contribution in [0.2, 0.25) is 5.02 Å². The molecule has 1 aromatic heterocycles. The Hall–Kier alpha value is -3.57. The summed E-state index contributed by atoms with van der Waals surface area (Å²) in [5.41, 5.74) is 5.15. The summed E-state index contributed by atoms with van der Waals surface area (Å²) < 4.78 is 0. The number of pyridine rings is 1. The van der Waals surface area contributed by atoms with E-state index in [0.717, 1.165) is 22.0 Å². The van der Waals surface area contributed by atoms with Crippen LogP contribution in [0.4, 0.5) is 10.5 Å². The van der Waals surface area contributed by atoms with E-state index in [-0.39, 0.29) is 18.1 Å². The fourth-order valence-electron chi connectivity index (χ4n) is 3.87. The van der Waals surface area contributed by atoms with E-state index in [4.69, 9.17) is 11.6 Å². The highest BCUT2D eigenvalue weighted by Crippen LogP contribution is 2.18. The van der Waals surface area contributed by atoms with Gasteiger partial charge >= 0.3 is 6.03 Å². The molecule has 168 valence electrons. The summed E-state index contributed by atoms with van der Waals surface area (Å²) >= 11 is 5.96. The Morgan fingerprint density at radius 1 is 1.00 bits per heavy atom. The predicted octanol–water partition coefficient (Wildman–Crippen LogP) is 6.08. The molecule has 3 aromatic carbocycles. The second-order valence-corrected chi connectivity index (χ2v) is 8.70. The van der Waals surface area contributed by atoms with E-state index in [9.17, 15) is 9.59 Å². The van der Waals surface area contributed by atoms with Gasteiger partial charge in [-0.3, -0.25) is 4.79 Å². The summed E-state index contributed by atoms with van der Waals surface area (Å²) in [6, 6.07) is 22.7. The lowest BCUT2D eigenvalue weighted by Crippen LogP contribution is -2.37. The van der Waals surface area contributed by atoms with Gasteiger partial charge in [0.1, 0.15) is 0 Å². The molecule has 2 amide bonds. The summed E-state index contributed by atoms with van der Waals surface area (Å²) in [4.78, 5) is 30.7. The van der Waals surface area contributed by atoms with E-state index in [1.54, 1.807) is 29.2 Å². The van der Waals surface area contributed by atoms with Crippen LogP contribution >= 0.6 is 11.6 Å². The molecule has 2 N–H and O–H groups in total. The Balaban J connectivity index is 1.60. The first-order valence-electron chi connectivity index (χ1n) is 10.9. The average Bonchev–Trinajstić information content (AvgIpc) is 2.79. The molecule has 0 fully saturated rings. The molecule has 0 unspecified atom stereocenters. The number of hydrogen-bond acceptors (Lipinski definition) is 2. The van der Waals surface area contributed by atoms with E-state index in [2.05, 4.69) is 16.4 Å². The largest absolute Gasteiger partial charge is 0.322 e. The Morgan fingerprint density at radius 3 is 2.52 bits per heavy atom. The van der Waals surface area contributed by atoms with Gasteiger partial charge in [-0.05, 0) is 67.1 Å². The van der Waals surface area contributed by atoms with Crippen LogP contribution < -0.4 is 10.9 Å². The van der Waals surface area contributed by atoms with Crippen molar-refractivity contribution in [1.82, 2.24) is 9.88 Å². The number of nitrogens with zero attached hydrogens (tertiary/aromatic N) is 1. The fourth-order valence-corrected chi connectivity index (χ4v) is 4.00. The molecule has 0 spiro atoms. The maximum absolute atomic E-state index is 13.2. The van der Waals surface area contributed by atoms with Crippen molar-refractivity contribution in [2.75, 3.05) is 11.9 Å². The monoisotopic (exact) mass is 459 g/mol. The van der Waals surface area contributed by atoms with Gasteiger partial charge in [0.2, 0.25) is 0 Å². The maximum Gasteiger partial charge on any atom is 0.322 e. The van der Waals surface area contributed by atoms with E-state index < -0.39 is 0 Å². The average molecular weight is 460 g/mol. The van der Waals surface area contributed by atoms with E-state index in [1.807, 2.05) is 56.3 Å². The molecule has 0 bridgehead atoms. The molecular weight excluding hydrogens is 434 g/mol. The Labute approximate surface area is 198 Å². The first kappa shape index (κ1) is 22.6. The molecule has 1 heterocycles. The summed E-state index contributed by atoms with van der Waals surface area (Å²) in [6.45, 7) is 4.68. The molecule has 4 aromatic rings. The van der Waals surface area contributed by atoms with Gasteiger partial charge < -0.3 is 15.2 Å². The number of benzene rings is 3. The molecule has 6 heteroatoms. The van der Waals surface area contributed by atoms with Gasteiger partial charge in [-0.25, -0.2) is 4.79 Å². The Bertz CT molecular complexity index is 1350. The van der Waals surface area contributed by atoms with Crippen LogP contribution in [-0.2, 0) is 13.0 Å². The highest BCUT2D eigenvalue weighted by atomic mass is 35.5. The minimum Gasteiger partial charge on any atom is -0.321 e. The quantitative estimate of drug-likeness (QED) is 0.367. The predicted molar refractivity (Wildman–Crippen MR) is 135 cm³/mol. The maximum atomic E-state index is 13.2. The summed E-state index contributed by atoms with van der Waals surface area (Å²) in [5.74, 6) is 0. The SMILES string of the molecule is Cc1cccc(CCN(Cc2cc3cccc(C)c3[nH]c2=O)C(=O)Nc2ccc(Cl)cc2)c1. The van der Waals surface area contributed by atoms with Gasteiger partial charge in [-0.2, -0.15) is 0 Å². The van der Waals surface area contributed by atoms with E-state index >= 15 is 0 Å². The number of para-hydroxylation sites is 1. The molecule has 0 saturated heterocycles.